The summed E-state index contributed by atoms with van der Waals surface area (Å²) in [7, 11) is 1.73. The van der Waals surface area contributed by atoms with Crippen molar-refractivity contribution in [2.45, 2.75) is 13.5 Å². The molecule has 0 saturated carbocycles. The SMILES string of the molecule is COc1cccc2c1cc(C)n2Cc1cccc(-c2ccccc2)c1. The molecule has 25 heavy (non-hydrogen) atoms. The average Bonchev–Trinajstić information content (AvgIpc) is 2.98. The Morgan fingerprint density at radius 3 is 2.36 bits per heavy atom. The van der Waals surface area contributed by atoms with Gasteiger partial charge in [0.25, 0.3) is 0 Å². The van der Waals surface area contributed by atoms with Crippen molar-refractivity contribution in [2.24, 2.45) is 0 Å². The molecule has 4 rings (SSSR count). The smallest absolute Gasteiger partial charge is 0.128 e. The predicted molar refractivity (Wildman–Crippen MR) is 104 cm³/mol. The average molecular weight is 327 g/mol. The Morgan fingerprint density at radius 1 is 0.800 bits per heavy atom. The van der Waals surface area contributed by atoms with Gasteiger partial charge in [-0.1, -0.05) is 54.6 Å². The van der Waals surface area contributed by atoms with E-state index in [0.29, 0.717) is 0 Å². The van der Waals surface area contributed by atoms with Crippen LogP contribution in [0.25, 0.3) is 22.0 Å². The Labute approximate surface area is 148 Å². The summed E-state index contributed by atoms with van der Waals surface area (Å²) in [5.41, 5.74) is 6.25. The van der Waals surface area contributed by atoms with Crippen LogP contribution in [0.5, 0.6) is 5.75 Å². The van der Waals surface area contributed by atoms with E-state index in [-0.39, 0.29) is 0 Å². The second-order valence-electron chi connectivity index (χ2n) is 6.33. The zero-order valence-corrected chi connectivity index (χ0v) is 14.6. The fourth-order valence-electron chi connectivity index (χ4n) is 3.44. The molecule has 124 valence electrons. The van der Waals surface area contributed by atoms with E-state index >= 15 is 0 Å². The summed E-state index contributed by atoms with van der Waals surface area (Å²) in [6, 6.07) is 27.7. The van der Waals surface area contributed by atoms with Crippen molar-refractivity contribution in [1.29, 1.82) is 0 Å². The quantitative estimate of drug-likeness (QED) is 0.471. The highest BCUT2D eigenvalue weighted by Crippen LogP contribution is 2.29. The van der Waals surface area contributed by atoms with E-state index in [4.69, 9.17) is 4.74 Å². The Bertz CT molecular complexity index is 1010. The van der Waals surface area contributed by atoms with E-state index in [1.807, 2.05) is 6.07 Å². The first-order chi connectivity index (χ1) is 12.3. The van der Waals surface area contributed by atoms with Gasteiger partial charge in [-0.15, -0.1) is 0 Å². The maximum absolute atomic E-state index is 5.51. The van der Waals surface area contributed by atoms with Gasteiger partial charge in [-0.25, -0.2) is 0 Å². The van der Waals surface area contributed by atoms with Crippen LogP contribution in [0.2, 0.25) is 0 Å². The van der Waals surface area contributed by atoms with E-state index < -0.39 is 0 Å². The van der Waals surface area contributed by atoms with Crippen molar-refractivity contribution < 1.29 is 4.74 Å². The molecule has 0 saturated heterocycles. The molecular weight excluding hydrogens is 306 g/mol. The summed E-state index contributed by atoms with van der Waals surface area (Å²) in [6.45, 7) is 3.00. The van der Waals surface area contributed by atoms with Crippen LogP contribution in [-0.4, -0.2) is 11.7 Å². The van der Waals surface area contributed by atoms with Crippen molar-refractivity contribution in [3.05, 3.63) is 90.1 Å². The molecule has 0 aliphatic carbocycles. The monoisotopic (exact) mass is 327 g/mol. The van der Waals surface area contributed by atoms with E-state index in [1.54, 1.807) is 7.11 Å². The van der Waals surface area contributed by atoms with Crippen LogP contribution in [-0.2, 0) is 6.54 Å². The maximum Gasteiger partial charge on any atom is 0.128 e. The number of aromatic nitrogens is 1. The lowest BCUT2D eigenvalue weighted by Crippen LogP contribution is -2.01. The second kappa shape index (κ2) is 6.48. The molecular formula is C23H21NO. The summed E-state index contributed by atoms with van der Waals surface area (Å²) >= 11 is 0. The number of hydrogen-bond donors (Lipinski definition) is 0. The van der Waals surface area contributed by atoms with Crippen molar-refractivity contribution in [3.63, 3.8) is 0 Å². The lowest BCUT2D eigenvalue weighted by molar-refractivity contribution is 0.420. The first-order valence-corrected chi connectivity index (χ1v) is 8.53. The Kier molecular flexibility index (Phi) is 4.02. The molecule has 0 radical (unpaired) electrons. The standard InChI is InChI=1S/C23H21NO/c1-17-14-21-22(12-7-13-23(21)25-2)24(17)16-18-8-6-11-20(15-18)19-9-4-3-5-10-19/h3-15H,16H2,1-2H3. The van der Waals surface area contributed by atoms with E-state index in [1.165, 1.54) is 33.3 Å². The molecule has 1 aromatic heterocycles. The number of methoxy groups -OCH3 is 1. The number of benzene rings is 3. The fraction of sp³-hybridized carbons (Fsp3) is 0.130. The number of fused-ring (bicyclic) bond motifs is 1. The van der Waals surface area contributed by atoms with Crippen LogP contribution in [0.15, 0.2) is 78.9 Å². The molecule has 0 unspecified atom stereocenters. The van der Waals surface area contributed by atoms with Crippen LogP contribution in [0, 0.1) is 6.92 Å². The Morgan fingerprint density at radius 2 is 1.56 bits per heavy atom. The highest BCUT2D eigenvalue weighted by Gasteiger charge is 2.10. The second-order valence-corrected chi connectivity index (χ2v) is 6.33. The van der Waals surface area contributed by atoms with E-state index in [0.717, 1.165) is 12.3 Å². The number of nitrogens with zero attached hydrogens (tertiary/aromatic N) is 1. The molecule has 0 fully saturated rings. The predicted octanol–water partition coefficient (Wildman–Crippen LogP) is 5.67. The minimum Gasteiger partial charge on any atom is -0.496 e. The van der Waals surface area contributed by atoms with Crippen LogP contribution in [0.3, 0.4) is 0 Å². The molecule has 3 aromatic carbocycles. The number of aryl methyl sites for hydroxylation is 1. The molecule has 0 bridgehead atoms. The van der Waals surface area contributed by atoms with Gasteiger partial charge in [-0.3, -0.25) is 0 Å². The lowest BCUT2D eigenvalue weighted by atomic mass is 10.0. The number of ether oxygens (including phenoxy) is 1. The molecule has 0 amide bonds. The molecule has 2 nitrogen and oxygen atoms in total. The topological polar surface area (TPSA) is 14.2 Å². The van der Waals surface area contributed by atoms with Gasteiger partial charge in [0, 0.05) is 17.6 Å². The summed E-state index contributed by atoms with van der Waals surface area (Å²) in [5, 5.41) is 1.17. The molecule has 1 heterocycles. The van der Waals surface area contributed by atoms with Gasteiger partial charge < -0.3 is 9.30 Å². The molecule has 0 N–H and O–H groups in total. The molecule has 0 atom stereocenters. The third-order valence-corrected chi connectivity index (χ3v) is 4.71. The Balaban J connectivity index is 1.74. The molecule has 2 heteroatoms. The zero-order chi connectivity index (χ0) is 17.2. The van der Waals surface area contributed by atoms with Gasteiger partial charge >= 0.3 is 0 Å². The normalized spacial score (nSPS) is 11.0. The number of rotatable bonds is 4. The Hall–Kier alpha value is -3.00. The molecule has 0 aliphatic heterocycles. The van der Waals surface area contributed by atoms with Gasteiger partial charge in [0.15, 0.2) is 0 Å². The van der Waals surface area contributed by atoms with Crippen molar-refractivity contribution in [1.82, 2.24) is 4.57 Å². The van der Waals surface area contributed by atoms with Crippen LogP contribution in [0.4, 0.5) is 0 Å². The lowest BCUT2D eigenvalue weighted by Gasteiger charge is -2.11. The summed E-state index contributed by atoms with van der Waals surface area (Å²) < 4.78 is 7.86. The van der Waals surface area contributed by atoms with Crippen LogP contribution >= 0.6 is 0 Å². The molecule has 4 aromatic rings. The minimum atomic E-state index is 0.850. The van der Waals surface area contributed by atoms with Crippen LogP contribution < -0.4 is 4.74 Å². The van der Waals surface area contributed by atoms with Crippen molar-refractivity contribution >= 4 is 10.9 Å². The van der Waals surface area contributed by atoms with Crippen molar-refractivity contribution in [2.75, 3.05) is 7.11 Å². The van der Waals surface area contributed by atoms with Gasteiger partial charge in [0.1, 0.15) is 5.75 Å². The maximum atomic E-state index is 5.51. The first-order valence-electron chi connectivity index (χ1n) is 8.53. The number of hydrogen-bond acceptors (Lipinski definition) is 1. The summed E-state index contributed by atoms with van der Waals surface area (Å²) in [6.07, 6.45) is 0. The highest BCUT2D eigenvalue weighted by molar-refractivity contribution is 5.87. The van der Waals surface area contributed by atoms with E-state index in [2.05, 4.69) is 84.3 Å². The zero-order valence-electron chi connectivity index (χ0n) is 14.6. The first kappa shape index (κ1) is 15.5. The van der Waals surface area contributed by atoms with E-state index in [9.17, 15) is 0 Å². The largest absolute Gasteiger partial charge is 0.496 e. The minimum absolute atomic E-state index is 0.850. The van der Waals surface area contributed by atoms with Gasteiger partial charge in [0.2, 0.25) is 0 Å². The summed E-state index contributed by atoms with van der Waals surface area (Å²) in [5.74, 6) is 0.928. The van der Waals surface area contributed by atoms with Gasteiger partial charge in [-0.2, -0.15) is 0 Å². The summed E-state index contributed by atoms with van der Waals surface area (Å²) in [4.78, 5) is 0. The third kappa shape index (κ3) is 2.91. The highest BCUT2D eigenvalue weighted by atomic mass is 16.5. The molecule has 0 spiro atoms. The molecule has 0 aliphatic rings. The van der Waals surface area contributed by atoms with Gasteiger partial charge in [-0.05, 0) is 47.9 Å². The van der Waals surface area contributed by atoms with Crippen LogP contribution in [0.1, 0.15) is 11.3 Å². The third-order valence-electron chi connectivity index (χ3n) is 4.71. The van der Waals surface area contributed by atoms with Crippen molar-refractivity contribution in [3.8, 4) is 16.9 Å². The van der Waals surface area contributed by atoms with Gasteiger partial charge in [0.05, 0.1) is 12.6 Å². The fourth-order valence-corrected chi connectivity index (χ4v) is 3.44.